The molecule has 0 fully saturated rings. The summed E-state index contributed by atoms with van der Waals surface area (Å²) in [7, 11) is 0. The first-order valence-corrected chi connectivity index (χ1v) is 5.60. The van der Waals surface area contributed by atoms with E-state index in [-0.39, 0.29) is 19.5 Å². The van der Waals surface area contributed by atoms with Crippen LogP contribution in [0.4, 0.5) is 17.6 Å². The highest BCUT2D eigenvalue weighted by atomic mass is 19.3. The molecule has 0 aliphatic carbocycles. The number of amides is 1. The number of nitriles is 1. The zero-order chi connectivity index (χ0) is 15.2. The minimum absolute atomic E-state index is 0.231. The van der Waals surface area contributed by atoms with Gasteiger partial charge < -0.3 is 4.90 Å². The van der Waals surface area contributed by atoms with Crippen LogP contribution >= 0.6 is 0 Å². The van der Waals surface area contributed by atoms with Crippen LogP contribution in [-0.4, -0.2) is 34.7 Å². The third-order valence-corrected chi connectivity index (χ3v) is 2.44. The van der Waals surface area contributed by atoms with Crippen LogP contribution in [0.1, 0.15) is 12.0 Å². The van der Waals surface area contributed by atoms with E-state index in [2.05, 4.69) is 4.98 Å². The lowest BCUT2D eigenvalue weighted by Gasteiger charge is -2.25. The summed E-state index contributed by atoms with van der Waals surface area (Å²) in [6, 6.07) is 4.71. The summed E-state index contributed by atoms with van der Waals surface area (Å²) in [6.45, 7) is -0.663. The minimum atomic E-state index is -4.77. The molecule has 0 N–H and O–H groups in total. The molecular formula is C12H11F4N3O. The fourth-order valence-electron chi connectivity index (χ4n) is 1.45. The Hall–Kier alpha value is -2.17. The van der Waals surface area contributed by atoms with Crippen LogP contribution in [0, 0.1) is 11.3 Å². The Morgan fingerprint density at radius 2 is 2.20 bits per heavy atom. The maximum atomic E-state index is 13.1. The maximum absolute atomic E-state index is 13.1. The molecule has 0 aromatic carbocycles. The van der Waals surface area contributed by atoms with E-state index in [0.717, 1.165) is 0 Å². The van der Waals surface area contributed by atoms with E-state index in [0.29, 0.717) is 10.5 Å². The number of carbonyl (C=O) groups excluding carboxylic acids is 1. The smallest absolute Gasteiger partial charge is 0.332 e. The van der Waals surface area contributed by atoms with Crippen LogP contribution in [0.15, 0.2) is 24.5 Å². The molecule has 1 rings (SSSR count). The summed E-state index contributed by atoms with van der Waals surface area (Å²) in [6.07, 6.45) is -1.55. The van der Waals surface area contributed by atoms with Crippen LogP contribution in [0.2, 0.25) is 0 Å². The van der Waals surface area contributed by atoms with Crippen LogP contribution in [0.5, 0.6) is 0 Å². The second-order valence-electron chi connectivity index (χ2n) is 3.92. The van der Waals surface area contributed by atoms with E-state index in [1.807, 2.05) is 0 Å². The van der Waals surface area contributed by atoms with Gasteiger partial charge in [0.05, 0.1) is 12.5 Å². The molecule has 0 bridgehead atoms. The topological polar surface area (TPSA) is 57.0 Å². The number of halogens is 4. The van der Waals surface area contributed by atoms with Crippen LogP contribution in [-0.2, 0) is 11.3 Å². The number of hydrogen-bond acceptors (Lipinski definition) is 3. The number of hydrogen-bond donors (Lipinski definition) is 0. The van der Waals surface area contributed by atoms with Crippen molar-refractivity contribution in [3.8, 4) is 6.07 Å². The van der Waals surface area contributed by atoms with E-state index < -0.39 is 18.3 Å². The molecule has 0 saturated carbocycles. The van der Waals surface area contributed by atoms with Crippen molar-refractivity contribution in [1.29, 1.82) is 5.26 Å². The average Bonchev–Trinajstić information content (AvgIpc) is 2.43. The SMILES string of the molecule is N#CCCN(Cc1cccnc1)C(=O)C(F)(F)C(F)F. The molecule has 4 nitrogen and oxygen atoms in total. The lowest BCUT2D eigenvalue weighted by molar-refractivity contribution is -0.181. The van der Waals surface area contributed by atoms with Gasteiger partial charge in [0, 0.05) is 25.5 Å². The fraction of sp³-hybridized carbons (Fsp3) is 0.417. The van der Waals surface area contributed by atoms with E-state index >= 15 is 0 Å². The molecule has 1 aromatic rings. The Bertz CT molecular complexity index is 487. The average molecular weight is 289 g/mol. The Labute approximate surface area is 112 Å². The molecule has 0 spiro atoms. The summed E-state index contributed by atoms with van der Waals surface area (Å²) in [5.41, 5.74) is 0.406. The maximum Gasteiger partial charge on any atom is 0.383 e. The Kier molecular flexibility index (Phi) is 5.43. The van der Waals surface area contributed by atoms with Crippen molar-refractivity contribution in [2.24, 2.45) is 0 Å². The number of carbonyl (C=O) groups is 1. The Balaban J connectivity index is 2.89. The molecule has 8 heteroatoms. The highest BCUT2D eigenvalue weighted by molar-refractivity contribution is 5.84. The third-order valence-electron chi connectivity index (χ3n) is 2.44. The Morgan fingerprint density at radius 3 is 2.70 bits per heavy atom. The standard InChI is InChI=1S/C12H11F4N3O/c13-10(14)12(15,16)11(20)19(6-2-4-17)8-9-3-1-5-18-7-9/h1,3,5,7,10H,2,6,8H2. The van der Waals surface area contributed by atoms with Crippen LogP contribution < -0.4 is 0 Å². The lowest BCUT2D eigenvalue weighted by atomic mass is 10.2. The molecule has 20 heavy (non-hydrogen) atoms. The molecular weight excluding hydrogens is 278 g/mol. The molecule has 1 amide bonds. The van der Waals surface area contributed by atoms with Gasteiger partial charge in [-0.15, -0.1) is 0 Å². The summed E-state index contributed by atoms with van der Waals surface area (Å²) in [5.74, 6) is -6.76. The van der Waals surface area contributed by atoms with Crippen molar-refractivity contribution >= 4 is 5.91 Å². The van der Waals surface area contributed by atoms with E-state index in [9.17, 15) is 22.4 Å². The monoisotopic (exact) mass is 289 g/mol. The van der Waals surface area contributed by atoms with Crippen molar-refractivity contribution in [3.05, 3.63) is 30.1 Å². The second-order valence-corrected chi connectivity index (χ2v) is 3.92. The number of nitrogens with zero attached hydrogens (tertiary/aromatic N) is 3. The zero-order valence-corrected chi connectivity index (χ0v) is 10.3. The fourth-order valence-corrected chi connectivity index (χ4v) is 1.45. The van der Waals surface area contributed by atoms with Gasteiger partial charge in [0.2, 0.25) is 0 Å². The molecule has 1 aromatic heterocycles. The number of alkyl halides is 4. The van der Waals surface area contributed by atoms with Crippen molar-refractivity contribution < 1.29 is 22.4 Å². The molecule has 1 heterocycles. The predicted molar refractivity (Wildman–Crippen MR) is 60.8 cm³/mol. The Morgan fingerprint density at radius 1 is 1.50 bits per heavy atom. The third kappa shape index (κ3) is 3.91. The molecule has 0 saturated heterocycles. The minimum Gasteiger partial charge on any atom is -0.332 e. The van der Waals surface area contributed by atoms with Gasteiger partial charge in [-0.25, -0.2) is 8.78 Å². The quantitative estimate of drug-likeness (QED) is 0.754. The van der Waals surface area contributed by atoms with Gasteiger partial charge in [0.25, 0.3) is 5.91 Å². The van der Waals surface area contributed by atoms with Crippen molar-refractivity contribution in [2.75, 3.05) is 6.54 Å². The first kappa shape index (κ1) is 15.9. The predicted octanol–water partition coefficient (Wildman–Crippen LogP) is 2.22. The van der Waals surface area contributed by atoms with Gasteiger partial charge in [-0.1, -0.05) is 6.07 Å². The molecule has 0 unspecified atom stereocenters. The van der Waals surface area contributed by atoms with Gasteiger partial charge in [-0.05, 0) is 11.6 Å². The number of aromatic nitrogens is 1. The molecule has 108 valence electrons. The van der Waals surface area contributed by atoms with Gasteiger partial charge in [-0.2, -0.15) is 14.0 Å². The highest BCUT2D eigenvalue weighted by Crippen LogP contribution is 2.26. The molecule has 0 radical (unpaired) electrons. The van der Waals surface area contributed by atoms with Crippen molar-refractivity contribution in [2.45, 2.75) is 25.3 Å². The van der Waals surface area contributed by atoms with Gasteiger partial charge in [0.1, 0.15) is 0 Å². The van der Waals surface area contributed by atoms with Crippen LogP contribution in [0.25, 0.3) is 0 Å². The van der Waals surface area contributed by atoms with Gasteiger partial charge in [0.15, 0.2) is 0 Å². The van der Waals surface area contributed by atoms with E-state index in [4.69, 9.17) is 5.26 Å². The van der Waals surface area contributed by atoms with Gasteiger partial charge >= 0.3 is 12.3 Å². The second kappa shape index (κ2) is 6.84. The van der Waals surface area contributed by atoms with Crippen LogP contribution in [0.3, 0.4) is 0 Å². The van der Waals surface area contributed by atoms with Crippen molar-refractivity contribution in [3.63, 3.8) is 0 Å². The van der Waals surface area contributed by atoms with Crippen molar-refractivity contribution in [1.82, 2.24) is 9.88 Å². The first-order chi connectivity index (χ1) is 9.39. The molecule has 0 aliphatic rings. The largest absolute Gasteiger partial charge is 0.383 e. The summed E-state index contributed by atoms with van der Waals surface area (Å²) in [4.78, 5) is 15.8. The lowest BCUT2D eigenvalue weighted by Crippen LogP contribution is -2.47. The summed E-state index contributed by atoms with van der Waals surface area (Å²) < 4.78 is 50.6. The van der Waals surface area contributed by atoms with E-state index in [1.54, 1.807) is 6.07 Å². The van der Waals surface area contributed by atoms with E-state index in [1.165, 1.54) is 24.5 Å². The highest BCUT2D eigenvalue weighted by Gasteiger charge is 2.51. The normalized spacial score (nSPS) is 11.2. The summed E-state index contributed by atoms with van der Waals surface area (Å²) in [5, 5.41) is 8.44. The summed E-state index contributed by atoms with van der Waals surface area (Å²) >= 11 is 0. The zero-order valence-electron chi connectivity index (χ0n) is 10.3. The number of pyridine rings is 1. The first-order valence-electron chi connectivity index (χ1n) is 5.60. The molecule has 0 atom stereocenters. The number of rotatable bonds is 6. The van der Waals surface area contributed by atoms with Gasteiger partial charge in [-0.3, -0.25) is 9.78 Å². The molecule has 0 aliphatic heterocycles.